The number of hydrogen-bond donors (Lipinski definition) is 0. The summed E-state index contributed by atoms with van der Waals surface area (Å²) < 4.78 is 4.13. The normalized spacial score (nSPS) is 12.2. The summed E-state index contributed by atoms with van der Waals surface area (Å²) in [6, 6.07) is 7.70. The predicted octanol–water partition coefficient (Wildman–Crippen LogP) is 2.80. The van der Waals surface area contributed by atoms with Crippen LogP contribution < -0.4 is 0 Å². The van der Waals surface area contributed by atoms with E-state index in [1.54, 1.807) is 6.92 Å². The molecule has 1 rings (SSSR count). The Hall–Kier alpha value is -1.02. The van der Waals surface area contributed by atoms with Gasteiger partial charge < -0.3 is 4.29 Å². The molecular weight excluding hydrogens is 188 g/mol. The fourth-order valence-electron chi connectivity index (χ4n) is 1.06. The Balaban J connectivity index is 2.83. The molecule has 0 bridgehead atoms. The van der Waals surface area contributed by atoms with Crippen molar-refractivity contribution in [1.29, 1.82) is 0 Å². The molecule has 0 spiro atoms. The lowest BCUT2D eigenvalue weighted by Crippen LogP contribution is -2.08. The van der Waals surface area contributed by atoms with Crippen molar-refractivity contribution in [2.45, 2.75) is 19.8 Å². The van der Waals surface area contributed by atoms with Crippen LogP contribution in [-0.2, 0) is 9.08 Å². The zero-order valence-corrected chi connectivity index (χ0v) is 8.34. The van der Waals surface area contributed by atoms with Crippen LogP contribution in [0.15, 0.2) is 24.3 Å². The van der Waals surface area contributed by atoms with Crippen molar-refractivity contribution in [1.82, 2.24) is 0 Å². The van der Waals surface area contributed by atoms with Gasteiger partial charge in [0, 0.05) is 0 Å². The molecule has 1 aromatic carbocycles. The molecule has 0 saturated carbocycles. The van der Waals surface area contributed by atoms with Gasteiger partial charge in [-0.3, -0.25) is 0 Å². The summed E-state index contributed by atoms with van der Waals surface area (Å²) in [5, 5.41) is 0. The molecular formula is C10H11ClO2. The summed E-state index contributed by atoms with van der Waals surface area (Å²) in [5.74, 6) is -0.733. The average Bonchev–Trinajstić information content (AvgIpc) is 2.17. The molecule has 0 amide bonds. The lowest BCUT2D eigenvalue weighted by Gasteiger charge is -2.07. The first kappa shape index (κ1) is 10.1. The van der Waals surface area contributed by atoms with Gasteiger partial charge in [-0.2, -0.15) is 0 Å². The predicted molar refractivity (Wildman–Crippen MR) is 51.5 cm³/mol. The maximum absolute atomic E-state index is 11.0. The fourth-order valence-corrected chi connectivity index (χ4v) is 1.19. The Morgan fingerprint density at radius 1 is 1.38 bits per heavy atom. The number of halogens is 1. The van der Waals surface area contributed by atoms with Crippen LogP contribution in [0, 0.1) is 6.92 Å². The molecule has 0 fully saturated rings. The van der Waals surface area contributed by atoms with E-state index in [2.05, 4.69) is 4.29 Å². The topological polar surface area (TPSA) is 26.3 Å². The lowest BCUT2D eigenvalue weighted by molar-refractivity contribution is -0.135. The zero-order valence-electron chi connectivity index (χ0n) is 7.58. The highest BCUT2D eigenvalue weighted by molar-refractivity contribution is 6.13. The van der Waals surface area contributed by atoms with E-state index in [0.717, 1.165) is 11.1 Å². The highest BCUT2D eigenvalue weighted by Crippen LogP contribution is 2.17. The summed E-state index contributed by atoms with van der Waals surface area (Å²) in [6.07, 6.45) is 0. The Labute approximate surface area is 82.6 Å². The Morgan fingerprint density at radius 2 is 1.92 bits per heavy atom. The number of hydrogen-bond acceptors (Lipinski definition) is 2. The van der Waals surface area contributed by atoms with Crippen LogP contribution in [0.2, 0.25) is 0 Å². The first-order valence-corrected chi connectivity index (χ1v) is 4.35. The maximum atomic E-state index is 11.0. The van der Waals surface area contributed by atoms with Crippen LogP contribution in [0.3, 0.4) is 0 Å². The molecule has 0 aliphatic carbocycles. The largest absolute Gasteiger partial charge is 0.347 e. The Morgan fingerprint density at radius 3 is 2.38 bits per heavy atom. The van der Waals surface area contributed by atoms with Crippen molar-refractivity contribution in [3.63, 3.8) is 0 Å². The van der Waals surface area contributed by atoms with E-state index in [4.69, 9.17) is 11.9 Å². The quantitative estimate of drug-likeness (QED) is 0.731. The standard InChI is InChI=1S/C10H11ClO2/c1-7-3-5-9(6-4-7)8(2)10(12)13-11/h3-6,8H,1-2H3. The van der Waals surface area contributed by atoms with E-state index in [1.165, 1.54) is 0 Å². The summed E-state index contributed by atoms with van der Waals surface area (Å²) >= 11 is 4.98. The molecule has 0 N–H and O–H groups in total. The van der Waals surface area contributed by atoms with Crippen molar-refractivity contribution < 1.29 is 9.08 Å². The average molecular weight is 199 g/mol. The first-order chi connectivity index (χ1) is 6.15. The van der Waals surface area contributed by atoms with Crippen LogP contribution >= 0.6 is 11.9 Å². The molecule has 0 saturated heterocycles. The van der Waals surface area contributed by atoms with Crippen LogP contribution in [0.4, 0.5) is 0 Å². The molecule has 0 aliphatic rings. The van der Waals surface area contributed by atoms with Gasteiger partial charge in [-0.05, 0) is 19.4 Å². The van der Waals surface area contributed by atoms with E-state index in [-0.39, 0.29) is 5.92 Å². The second-order valence-electron chi connectivity index (χ2n) is 3.03. The lowest BCUT2D eigenvalue weighted by atomic mass is 10.0. The fraction of sp³-hybridized carbons (Fsp3) is 0.300. The van der Waals surface area contributed by atoms with Gasteiger partial charge in [0.05, 0.1) is 5.92 Å². The Bertz CT molecular complexity index is 292. The maximum Gasteiger partial charge on any atom is 0.331 e. The number of aryl methyl sites for hydroxylation is 1. The molecule has 0 aliphatic heterocycles. The molecule has 0 radical (unpaired) electrons. The van der Waals surface area contributed by atoms with Gasteiger partial charge in [0.25, 0.3) is 0 Å². The molecule has 3 heteroatoms. The number of rotatable bonds is 2. The van der Waals surface area contributed by atoms with E-state index in [1.807, 2.05) is 31.2 Å². The molecule has 1 unspecified atom stereocenters. The van der Waals surface area contributed by atoms with E-state index < -0.39 is 5.97 Å². The number of carbonyl (C=O) groups is 1. The van der Waals surface area contributed by atoms with Crippen LogP contribution in [0.5, 0.6) is 0 Å². The van der Waals surface area contributed by atoms with E-state index in [0.29, 0.717) is 0 Å². The zero-order chi connectivity index (χ0) is 9.84. The third-order valence-corrected chi connectivity index (χ3v) is 2.16. The molecule has 13 heavy (non-hydrogen) atoms. The summed E-state index contributed by atoms with van der Waals surface area (Å²) in [4.78, 5) is 11.0. The van der Waals surface area contributed by atoms with Crippen molar-refractivity contribution in [2.24, 2.45) is 0 Å². The van der Waals surface area contributed by atoms with Crippen molar-refractivity contribution in [3.8, 4) is 0 Å². The SMILES string of the molecule is Cc1ccc(C(C)C(=O)OCl)cc1. The number of benzene rings is 1. The second kappa shape index (κ2) is 4.28. The molecule has 0 aromatic heterocycles. The molecule has 2 nitrogen and oxygen atoms in total. The highest BCUT2D eigenvalue weighted by atomic mass is 35.5. The van der Waals surface area contributed by atoms with Gasteiger partial charge in [0.1, 0.15) is 11.9 Å². The minimum Gasteiger partial charge on any atom is -0.347 e. The Kier molecular flexibility index (Phi) is 3.32. The summed E-state index contributed by atoms with van der Waals surface area (Å²) in [5.41, 5.74) is 2.08. The minimum atomic E-state index is -0.425. The van der Waals surface area contributed by atoms with Gasteiger partial charge in [-0.1, -0.05) is 29.8 Å². The monoisotopic (exact) mass is 198 g/mol. The minimum absolute atomic E-state index is 0.307. The van der Waals surface area contributed by atoms with Crippen LogP contribution in [0.25, 0.3) is 0 Å². The van der Waals surface area contributed by atoms with E-state index in [9.17, 15) is 4.79 Å². The second-order valence-corrected chi connectivity index (χ2v) is 3.18. The molecule has 0 heterocycles. The van der Waals surface area contributed by atoms with E-state index >= 15 is 0 Å². The van der Waals surface area contributed by atoms with Crippen LogP contribution in [-0.4, -0.2) is 5.97 Å². The van der Waals surface area contributed by atoms with Crippen molar-refractivity contribution >= 4 is 17.8 Å². The third-order valence-electron chi connectivity index (χ3n) is 2.01. The van der Waals surface area contributed by atoms with Gasteiger partial charge in [-0.15, -0.1) is 0 Å². The molecule has 1 atom stereocenters. The van der Waals surface area contributed by atoms with Crippen molar-refractivity contribution in [3.05, 3.63) is 35.4 Å². The van der Waals surface area contributed by atoms with Gasteiger partial charge in [-0.25, -0.2) is 4.79 Å². The number of carbonyl (C=O) groups excluding carboxylic acids is 1. The van der Waals surface area contributed by atoms with Crippen LogP contribution in [0.1, 0.15) is 24.0 Å². The third kappa shape index (κ3) is 2.46. The van der Waals surface area contributed by atoms with Crippen molar-refractivity contribution in [2.75, 3.05) is 0 Å². The highest BCUT2D eigenvalue weighted by Gasteiger charge is 2.15. The smallest absolute Gasteiger partial charge is 0.331 e. The van der Waals surface area contributed by atoms with Gasteiger partial charge in [0.2, 0.25) is 0 Å². The molecule has 70 valence electrons. The molecule has 1 aromatic rings. The first-order valence-electron chi connectivity index (χ1n) is 4.04. The summed E-state index contributed by atoms with van der Waals surface area (Å²) in [7, 11) is 0. The van der Waals surface area contributed by atoms with Gasteiger partial charge in [0.15, 0.2) is 0 Å². The summed E-state index contributed by atoms with van der Waals surface area (Å²) in [6.45, 7) is 3.75. The van der Waals surface area contributed by atoms with Gasteiger partial charge >= 0.3 is 5.97 Å².